The molecule has 0 aromatic heterocycles. The van der Waals surface area contributed by atoms with Gasteiger partial charge in [-0.25, -0.2) is 9.59 Å². The fourth-order valence-electron chi connectivity index (χ4n) is 2.54. The lowest BCUT2D eigenvalue weighted by Gasteiger charge is -2.28. The number of nitrogens with two attached hydrogens (primary N) is 1. The third-order valence-corrected chi connectivity index (χ3v) is 4.08. The Kier molecular flexibility index (Phi) is 19.2. The summed E-state index contributed by atoms with van der Waals surface area (Å²) in [7, 11) is 8.12. The van der Waals surface area contributed by atoms with Crippen LogP contribution in [0.1, 0.15) is 40.0 Å². The fourth-order valence-corrected chi connectivity index (χ4v) is 2.54. The van der Waals surface area contributed by atoms with Gasteiger partial charge in [0, 0.05) is 13.1 Å². The van der Waals surface area contributed by atoms with E-state index < -0.39 is 6.03 Å². The molecule has 1 atom stereocenters. The number of urea groups is 2. The Bertz CT molecular complexity index is 370. The van der Waals surface area contributed by atoms with E-state index in [0.717, 1.165) is 58.5 Å². The Labute approximate surface area is 172 Å². The molecule has 0 aromatic rings. The van der Waals surface area contributed by atoms with E-state index >= 15 is 0 Å². The maximum atomic E-state index is 11.3. The molecule has 0 aliphatic carbocycles. The largest absolute Gasteiger partial charge is 0.352 e. The average molecular weight is 404 g/mol. The van der Waals surface area contributed by atoms with Crippen molar-refractivity contribution in [1.29, 1.82) is 0 Å². The van der Waals surface area contributed by atoms with Crippen molar-refractivity contribution in [2.45, 2.75) is 46.2 Å². The lowest BCUT2D eigenvalue weighted by Crippen LogP contribution is -2.49. The van der Waals surface area contributed by atoms with E-state index in [4.69, 9.17) is 5.73 Å². The summed E-state index contributed by atoms with van der Waals surface area (Å²) in [5.74, 6) is 0. The smallest absolute Gasteiger partial charge is 0.314 e. The number of carbonyl (C=O) groups excluding carboxylic acids is 2. The molecule has 0 spiro atoms. The SMILES string of the molecule is CCC(NC(N)=O)N(CC)CC.CN(C)CCCNC(=O)NCCCN(C)C. The second kappa shape index (κ2) is 18.8. The molecular weight excluding hydrogens is 358 g/mol. The van der Waals surface area contributed by atoms with Crippen molar-refractivity contribution in [2.24, 2.45) is 5.73 Å². The second-order valence-corrected chi connectivity index (χ2v) is 7.15. The quantitative estimate of drug-likeness (QED) is 0.270. The van der Waals surface area contributed by atoms with E-state index in [1.807, 2.05) is 35.1 Å². The van der Waals surface area contributed by atoms with Crippen LogP contribution in [0.25, 0.3) is 0 Å². The van der Waals surface area contributed by atoms with Crippen LogP contribution in [0.4, 0.5) is 9.59 Å². The molecule has 0 aliphatic heterocycles. The highest BCUT2D eigenvalue weighted by Crippen LogP contribution is 1.99. The van der Waals surface area contributed by atoms with Gasteiger partial charge in [0.15, 0.2) is 0 Å². The lowest BCUT2D eigenvalue weighted by molar-refractivity contribution is 0.176. The number of nitrogens with zero attached hydrogens (tertiary/aromatic N) is 3. The van der Waals surface area contributed by atoms with Crippen LogP contribution in [0.15, 0.2) is 0 Å². The van der Waals surface area contributed by atoms with E-state index in [1.54, 1.807) is 0 Å². The summed E-state index contributed by atoms with van der Waals surface area (Å²) in [4.78, 5) is 28.2. The number of primary amides is 1. The van der Waals surface area contributed by atoms with Crippen LogP contribution in [-0.2, 0) is 0 Å². The molecule has 0 radical (unpaired) electrons. The predicted octanol–water partition coefficient (Wildman–Crippen LogP) is 0.922. The molecule has 0 fully saturated rings. The van der Waals surface area contributed by atoms with Crippen LogP contribution in [0.2, 0.25) is 0 Å². The zero-order valence-electron chi connectivity index (χ0n) is 19.2. The first-order chi connectivity index (χ1) is 13.2. The first-order valence-corrected chi connectivity index (χ1v) is 10.3. The molecule has 9 nitrogen and oxygen atoms in total. The summed E-state index contributed by atoms with van der Waals surface area (Å²) in [6.45, 7) is 11.5. The summed E-state index contributed by atoms with van der Waals surface area (Å²) in [6.07, 6.45) is 2.93. The van der Waals surface area contributed by atoms with E-state index in [-0.39, 0.29) is 12.2 Å². The van der Waals surface area contributed by atoms with Crippen LogP contribution in [0.3, 0.4) is 0 Å². The predicted molar refractivity (Wildman–Crippen MR) is 117 cm³/mol. The highest BCUT2D eigenvalue weighted by molar-refractivity contribution is 5.73. The minimum atomic E-state index is -0.450. The van der Waals surface area contributed by atoms with Crippen molar-refractivity contribution in [1.82, 2.24) is 30.7 Å². The molecule has 0 aliphatic rings. The van der Waals surface area contributed by atoms with E-state index in [9.17, 15) is 9.59 Å². The Morgan fingerprint density at radius 1 is 0.857 bits per heavy atom. The van der Waals surface area contributed by atoms with Crippen molar-refractivity contribution in [3.05, 3.63) is 0 Å². The molecular formula is C19H45N7O2. The number of hydrogen-bond donors (Lipinski definition) is 4. The summed E-state index contributed by atoms with van der Waals surface area (Å²) < 4.78 is 0. The topological polar surface area (TPSA) is 106 Å². The van der Waals surface area contributed by atoms with Crippen LogP contribution >= 0.6 is 0 Å². The maximum Gasteiger partial charge on any atom is 0.314 e. The number of nitrogens with one attached hydrogen (secondary N) is 3. The summed E-state index contributed by atoms with van der Waals surface area (Å²) in [6, 6.07) is -0.508. The lowest BCUT2D eigenvalue weighted by atomic mass is 10.3. The van der Waals surface area contributed by atoms with Crippen molar-refractivity contribution >= 4 is 12.1 Å². The summed E-state index contributed by atoms with van der Waals surface area (Å²) >= 11 is 0. The molecule has 1 unspecified atom stereocenters. The van der Waals surface area contributed by atoms with Crippen molar-refractivity contribution in [3.8, 4) is 0 Å². The monoisotopic (exact) mass is 403 g/mol. The van der Waals surface area contributed by atoms with Gasteiger partial charge in [-0.3, -0.25) is 4.90 Å². The third-order valence-electron chi connectivity index (χ3n) is 4.08. The molecule has 0 saturated heterocycles. The Morgan fingerprint density at radius 3 is 1.57 bits per heavy atom. The zero-order chi connectivity index (χ0) is 21.9. The Morgan fingerprint density at radius 2 is 1.29 bits per heavy atom. The molecule has 0 heterocycles. The van der Waals surface area contributed by atoms with Gasteiger partial charge in [-0.1, -0.05) is 20.8 Å². The molecule has 28 heavy (non-hydrogen) atoms. The van der Waals surface area contributed by atoms with Gasteiger partial charge in [-0.05, 0) is 73.6 Å². The van der Waals surface area contributed by atoms with Gasteiger partial charge in [-0.2, -0.15) is 0 Å². The van der Waals surface area contributed by atoms with Crippen LogP contribution in [0, 0.1) is 0 Å². The number of hydrogen-bond acceptors (Lipinski definition) is 5. The minimum Gasteiger partial charge on any atom is -0.352 e. The van der Waals surface area contributed by atoms with E-state index in [2.05, 4.69) is 44.5 Å². The van der Waals surface area contributed by atoms with Gasteiger partial charge >= 0.3 is 12.1 Å². The van der Waals surface area contributed by atoms with Crippen LogP contribution in [-0.4, -0.2) is 100 Å². The maximum absolute atomic E-state index is 11.3. The van der Waals surface area contributed by atoms with Crippen molar-refractivity contribution in [2.75, 3.05) is 67.5 Å². The minimum absolute atomic E-state index is 0.0579. The number of amides is 4. The van der Waals surface area contributed by atoms with Gasteiger partial charge in [0.2, 0.25) is 0 Å². The van der Waals surface area contributed by atoms with Crippen LogP contribution in [0.5, 0.6) is 0 Å². The molecule has 5 N–H and O–H groups in total. The molecule has 4 amide bonds. The highest BCUT2D eigenvalue weighted by Gasteiger charge is 2.13. The van der Waals surface area contributed by atoms with Gasteiger partial charge in [0.1, 0.15) is 0 Å². The molecule has 0 saturated carbocycles. The normalized spacial score (nSPS) is 11.8. The van der Waals surface area contributed by atoms with Crippen LogP contribution < -0.4 is 21.7 Å². The molecule has 0 aromatic carbocycles. The van der Waals surface area contributed by atoms with E-state index in [0.29, 0.717) is 0 Å². The molecule has 0 bridgehead atoms. The second-order valence-electron chi connectivity index (χ2n) is 7.15. The van der Waals surface area contributed by atoms with Gasteiger partial charge in [-0.15, -0.1) is 0 Å². The Balaban J connectivity index is 0. The fraction of sp³-hybridized carbons (Fsp3) is 0.895. The van der Waals surface area contributed by atoms with Gasteiger partial charge in [0.05, 0.1) is 6.17 Å². The van der Waals surface area contributed by atoms with E-state index in [1.165, 1.54) is 0 Å². The molecule has 0 rings (SSSR count). The highest BCUT2D eigenvalue weighted by atomic mass is 16.2. The van der Waals surface area contributed by atoms with Crippen molar-refractivity contribution < 1.29 is 9.59 Å². The third kappa shape index (κ3) is 19.2. The zero-order valence-corrected chi connectivity index (χ0v) is 19.2. The van der Waals surface area contributed by atoms with Crippen molar-refractivity contribution in [3.63, 3.8) is 0 Å². The first kappa shape index (κ1) is 28.6. The number of carbonyl (C=O) groups is 2. The van der Waals surface area contributed by atoms with Gasteiger partial charge < -0.3 is 31.5 Å². The number of rotatable bonds is 13. The Hall–Kier alpha value is -1.58. The first-order valence-electron chi connectivity index (χ1n) is 10.3. The molecule has 168 valence electrons. The standard InChI is InChI=1S/C11H26N4O.C8H19N3O/c1-14(2)9-5-7-12-11(16)13-8-6-10-15(3)4;1-4-7(10-8(9)12)11(5-2)6-3/h5-10H2,1-4H3,(H2,12,13,16);7H,4-6H2,1-3H3,(H3,9,10,12). The summed E-state index contributed by atoms with van der Waals surface area (Å²) in [5.41, 5.74) is 5.04. The molecule has 9 heteroatoms. The van der Waals surface area contributed by atoms with Gasteiger partial charge in [0.25, 0.3) is 0 Å². The average Bonchev–Trinajstić information content (AvgIpc) is 2.62. The summed E-state index contributed by atoms with van der Waals surface area (Å²) in [5, 5.41) is 8.37.